The highest BCUT2D eigenvalue weighted by atomic mass is 16.1. The summed E-state index contributed by atoms with van der Waals surface area (Å²) in [6, 6.07) is 9.96. The molecule has 22 heavy (non-hydrogen) atoms. The molecule has 1 aromatic carbocycles. The van der Waals surface area contributed by atoms with Crippen LogP contribution in [-0.4, -0.2) is 10.9 Å². The van der Waals surface area contributed by atoms with E-state index in [1.807, 2.05) is 37.3 Å². The van der Waals surface area contributed by atoms with Crippen molar-refractivity contribution < 1.29 is 4.79 Å². The quantitative estimate of drug-likeness (QED) is 0.856. The molecule has 1 aliphatic carbocycles. The van der Waals surface area contributed by atoms with Gasteiger partial charge in [0.1, 0.15) is 0 Å². The van der Waals surface area contributed by atoms with E-state index in [0.29, 0.717) is 6.42 Å². The Morgan fingerprint density at radius 2 is 2.23 bits per heavy atom. The summed E-state index contributed by atoms with van der Waals surface area (Å²) in [7, 11) is 0. The second-order valence-corrected chi connectivity index (χ2v) is 5.96. The molecule has 1 amide bonds. The molecule has 4 heteroatoms. The van der Waals surface area contributed by atoms with Gasteiger partial charge in [-0.3, -0.25) is 9.78 Å². The molecule has 1 aliphatic rings. The average Bonchev–Trinajstić information content (AvgIpc) is 2.49. The van der Waals surface area contributed by atoms with E-state index >= 15 is 0 Å². The minimum absolute atomic E-state index is 0.0420. The fraction of sp³-hybridized carbons (Fsp3) is 0.333. The second kappa shape index (κ2) is 6.18. The third-order valence-electron chi connectivity index (χ3n) is 4.15. The normalized spacial score (nSPS) is 16.9. The molecule has 2 aromatic rings. The van der Waals surface area contributed by atoms with Gasteiger partial charge in [-0.15, -0.1) is 0 Å². The van der Waals surface area contributed by atoms with E-state index in [9.17, 15) is 4.79 Å². The first-order valence-electron chi connectivity index (χ1n) is 7.71. The molecule has 1 aromatic heterocycles. The summed E-state index contributed by atoms with van der Waals surface area (Å²) >= 11 is 0. The van der Waals surface area contributed by atoms with Crippen molar-refractivity contribution >= 4 is 11.6 Å². The molecule has 0 fully saturated rings. The van der Waals surface area contributed by atoms with E-state index in [0.717, 1.165) is 36.2 Å². The van der Waals surface area contributed by atoms with Crippen molar-refractivity contribution in [3.63, 3.8) is 0 Å². The first kappa shape index (κ1) is 14.6. The second-order valence-electron chi connectivity index (χ2n) is 5.96. The molecule has 0 saturated heterocycles. The largest absolute Gasteiger partial charge is 0.399 e. The molecular formula is C18H21N3O. The molecule has 0 saturated carbocycles. The number of carbonyl (C=O) groups is 1. The highest BCUT2D eigenvalue weighted by molar-refractivity contribution is 5.79. The van der Waals surface area contributed by atoms with Crippen LogP contribution in [0.2, 0.25) is 0 Å². The van der Waals surface area contributed by atoms with Gasteiger partial charge in [-0.25, -0.2) is 0 Å². The van der Waals surface area contributed by atoms with Gasteiger partial charge in [0, 0.05) is 17.6 Å². The molecule has 3 rings (SSSR count). The van der Waals surface area contributed by atoms with Gasteiger partial charge in [0.2, 0.25) is 5.91 Å². The molecule has 0 bridgehead atoms. The van der Waals surface area contributed by atoms with Crippen molar-refractivity contribution in [3.8, 4) is 0 Å². The number of benzene rings is 1. The standard InChI is InChI=1S/C18H21N3O/c1-12-5-6-13(11-20-12)9-18(22)21-17-4-2-3-14-10-15(19)7-8-16(14)17/h5-8,10-11,17H,2-4,9,19H2,1H3,(H,21,22). The van der Waals surface area contributed by atoms with Crippen molar-refractivity contribution in [2.45, 2.75) is 38.6 Å². The fourth-order valence-corrected chi connectivity index (χ4v) is 3.02. The van der Waals surface area contributed by atoms with E-state index in [4.69, 9.17) is 5.73 Å². The summed E-state index contributed by atoms with van der Waals surface area (Å²) in [5.41, 5.74) is 11.0. The number of anilines is 1. The molecule has 1 heterocycles. The van der Waals surface area contributed by atoms with Crippen LogP contribution in [0.15, 0.2) is 36.5 Å². The number of hydrogen-bond donors (Lipinski definition) is 2. The molecule has 1 atom stereocenters. The fourth-order valence-electron chi connectivity index (χ4n) is 3.02. The van der Waals surface area contributed by atoms with Crippen LogP contribution in [0.25, 0.3) is 0 Å². The number of hydrogen-bond acceptors (Lipinski definition) is 3. The summed E-state index contributed by atoms with van der Waals surface area (Å²) in [4.78, 5) is 16.5. The van der Waals surface area contributed by atoms with Crippen LogP contribution < -0.4 is 11.1 Å². The molecule has 4 nitrogen and oxygen atoms in total. The van der Waals surface area contributed by atoms with Gasteiger partial charge in [-0.1, -0.05) is 12.1 Å². The molecule has 0 radical (unpaired) electrons. The summed E-state index contributed by atoms with van der Waals surface area (Å²) in [5, 5.41) is 3.15. The number of carbonyl (C=O) groups excluding carboxylic acids is 1. The highest BCUT2D eigenvalue weighted by Crippen LogP contribution is 2.30. The molecule has 1 unspecified atom stereocenters. The van der Waals surface area contributed by atoms with Crippen LogP contribution in [0.5, 0.6) is 0 Å². The predicted octanol–water partition coefficient (Wildman–Crippen LogP) is 2.71. The van der Waals surface area contributed by atoms with E-state index in [1.54, 1.807) is 6.20 Å². The first-order valence-corrected chi connectivity index (χ1v) is 7.71. The van der Waals surface area contributed by atoms with Crippen LogP contribution in [0.3, 0.4) is 0 Å². The third kappa shape index (κ3) is 3.27. The summed E-state index contributed by atoms with van der Waals surface area (Å²) in [5.74, 6) is 0.0420. The third-order valence-corrected chi connectivity index (χ3v) is 4.15. The number of nitrogens with two attached hydrogens (primary N) is 1. The lowest BCUT2D eigenvalue weighted by Crippen LogP contribution is -2.32. The minimum atomic E-state index is 0.0420. The number of aryl methyl sites for hydroxylation is 2. The summed E-state index contributed by atoms with van der Waals surface area (Å²) < 4.78 is 0. The van der Waals surface area contributed by atoms with E-state index in [2.05, 4.69) is 10.3 Å². The van der Waals surface area contributed by atoms with Crippen molar-refractivity contribution in [1.29, 1.82) is 0 Å². The van der Waals surface area contributed by atoms with E-state index in [1.165, 1.54) is 11.1 Å². The van der Waals surface area contributed by atoms with E-state index < -0.39 is 0 Å². The minimum Gasteiger partial charge on any atom is -0.399 e. The molecule has 3 N–H and O–H groups in total. The maximum Gasteiger partial charge on any atom is 0.224 e. The van der Waals surface area contributed by atoms with E-state index in [-0.39, 0.29) is 11.9 Å². The molecule has 114 valence electrons. The lowest BCUT2D eigenvalue weighted by molar-refractivity contribution is -0.121. The van der Waals surface area contributed by atoms with Crippen LogP contribution in [0.4, 0.5) is 5.69 Å². The number of aromatic nitrogens is 1. The van der Waals surface area contributed by atoms with Gasteiger partial charge in [0.25, 0.3) is 0 Å². The van der Waals surface area contributed by atoms with Gasteiger partial charge in [-0.2, -0.15) is 0 Å². The number of pyridine rings is 1. The maximum absolute atomic E-state index is 12.3. The Balaban J connectivity index is 1.69. The van der Waals surface area contributed by atoms with Crippen molar-refractivity contribution in [3.05, 3.63) is 58.9 Å². The van der Waals surface area contributed by atoms with Crippen LogP contribution >= 0.6 is 0 Å². The monoisotopic (exact) mass is 295 g/mol. The van der Waals surface area contributed by atoms with Crippen LogP contribution in [0, 0.1) is 6.92 Å². The zero-order valence-corrected chi connectivity index (χ0v) is 12.8. The Kier molecular flexibility index (Phi) is 4.09. The lowest BCUT2D eigenvalue weighted by atomic mass is 9.87. The zero-order valence-electron chi connectivity index (χ0n) is 12.8. The van der Waals surface area contributed by atoms with Crippen molar-refractivity contribution in [2.24, 2.45) is 0 Å². The summed E-state index contributed by atoms with van der Waals surface area (Å²) in [6.45, 7) is 1.94. The van der Waals surface area contributed by atoms with Crippen molar-refractivity contribution in [2.75, 3.05) is 5.73 Å². The van der Waals surface area contributed by atoms with Crippen molar-refractivity contribution in [1.82, 2.24) is 10.3 Å². The number of nitrogens with zero attached hydrogens (tertiary/aromatic N) is 1. The topological polar surface area (TPSA) is 68.0 Å². The number of amides is 1. The Labute approximate surface area is 130 Å². The number of nitrogens with one attached hydrogen (secondary N) is 1. The Bertz CT molecular complexity index is 679. The smallest absolute Gasteiger partial charge is 0.224 e. The Hall–Kier alpha value is -2.36. The Morgan fingerprint density at radius 3 is 3.00 bits per heavy atom. The average molecular weight is 295 g/mol. The number of rotatable bonds is 3. The van der Waals surface area contributed by atoms with Gasteiger partial charge >= 0.3 is 0 Å². The highest BCUT2D eigenvalue weighted by Gasteiger charge is 2.21. The van der Waals surface area contributed by atoms with Gasteiger partial charge in [0.05, 0.1) is 12.5 Å². The molecular weight excluding hydrogens is 274 g/mol. The van der Waals surface area contributed by atoms with Gasteiger partial charge < -0.3 is 11.1 Å². The van der Waals surface area contributed by atoms with Gasteiger partial charge in [0.15, 0.2) is 0 Å². The number of nitrogen functional groups attached to an aromatic ring is 1. The van der Waals surface area contributed by atoms with Crippen LogP contribution in [0.1, 0.15) is 41.3 Å². The predicted molar refractivity (Wildman–Crippen MR) is 87.4 cm³/mol. The SMILES string of the molecule is Cc1ccc(CC(=O)NC2CCCc3cc(N)ccc32)cn1. The molecule has 0 spiro atoms. The maximum atomic E-state index is 12.3. The number of fused-ring (bicyclic) bond motifs is 1. The summed E-state index contributed by atoms with van der Waals surface area (Å²) in [6.07, 6.45) is 5.23. The lowest BCUT2D eigenvalue weighted by Gasteiger charge is -2.26. The first-order chi connectivity index (χ1) is 10.6. The zero-order chi connectivity index (χ0) is 15.5. The van der Waals surface area contributed by atoms with Gasteiger partial charge in [-0.05, 0) is 61.1 Å². The van der Waals surface area contributed by atoms with Crippen LogP contribution in [-0.2, 0) is 17.6 Å². The molecule has 0 aliphatic heterocycles. The Morgan fingerprint density at radius 1 is 1.36 bits per heavy atom.